The fourth-order valence-corrected chi connectivity index (χ4v) is 2.45. The Morgan fingerprint density at radius 1 is 1.35 bits per heavy atom. The summed E-state index contributed by atoms with van der Waals surface area (Å²) in [6, 6.07) is 7.64. The summed E-state index contributed by atoms with van der Waals surface area (Å²) in [6.45, 7) is 0.580. The fraction of sp³-hybridized carbons (Fsp3) is 0.500. The van der Waals surface area contributed by atoms with Gasteiger partial charge in [0.1, 0.15) is 0 Å². The van der Waals surface area contributed by atoms with Gasteiger partial charge >= 0.3 is 0 Å². The monoisotopic (exact) mass is 232 g/mol. The number of rotatable bonds is 4. The second-order valence-electron chi connectivity index (χ2n) is 4.88. The Morgan fingerprint density at radius 2 is 2.12 bits per heavy atom. The Bertz CT molecular complexity index is 384. The molecular weight excluding hydrogens is 212 g/mol. The van der Waals surface area contributed by atoms with Gasteiger partial charge in [-0.2, -0.15) is 0 Å². The molecule has 1 fully saturated rings. The smallest absolute Gasteiger partial charge is 0.220 e. The van der Waals surface area contributed by atoms with E-state index in [2.05, 4.69) is 5.32 Å². The van der Waals surface area contributed by atoms with Crippen molar-refractivity contribution < 1.29 is 4.79 Å². The van der Waals surface area contributed by atoms with Gasteiger partial charge in [0.05, 0.1) is 0 Å². The van der Waals surface area contributed by atoms with Crippen LogP contribution < -0.4 is 11.1 Å². The van der Waals surface area contributed by atoms with Crippen LogP contribution in [0.25, 0.3) is 0 Å². The minimum absolute atomic E-state index is 0.166. The lowest BCUT2D eigenvalue weighted by Gasteiger charge is -2.09. The lowest BCUT2D eigenvalue weighted by Crippen LogP contribution is -2.24. The van der Waals surface area contributed by atoms with Gasteiger partial charge in [-0.1, -0.05) is 25.0 Å². The molecule has 0 bridgehead atoms. The highest BCUT2D eigenvalue weighted by molar-refractivity contribution is 5.76. The molecule has 1 aliphatic rings. The van der Waals surface area contributed by atoms with Crippen LogP contribution in [-0.2, 0) is 11.3 Å². The first kappa shape index (κ1) is 12.0. The van der Waals surface area contributed by atoms with E-state index in [1.165, 1.54) is 25.7 Å². The number of nitrogens with one attached hydrogen (secondary N) is 1. The number of benzene rings is 1. The van der Waals surface area contributed by atoms with Crippen LogP contribution in [0.2, 0.25) is 0 Å². The van der Waals surface area contributed by atoms with E-state index in [4.69, 9.17) is 5.73 Å². The summed E-state index contributed by atoms with van der Waals surface area (Å²) in [6.07, 6.45) is 5.68. The Labute approximate surface area is 102 Å². The third kappa shape index (κ3) is 3.77. The summed E-state index contributed by atoms with van der Waals surface area (Å²) in [4.78, 5) is 11.7. The van der Waals surface area contributed by atoms with E-state index >= 15 is 0 Å². The van der Waals surface area contributed by atoms with Crippen LogP contribution in [0.1, 0.15) is 37.7 Å². The summed E-state index contributed by atoms with van der Waals surface area (Å²) in [5.41, 5.74) is 7.49. The van der Waals surface area contributed by atoms with Crippen molar-refractivity contribution in [1.29, 1.82) is 0 Å². The minimum atomic E-state index is 0.166. The lowest BCUT2D eigenvalue weighted by atomic mass is 10.0. The van der Waals surface area contributed by atoms with Gasteiger partial charge in [0, 0.05) is 18.7 Å². The predicted molar refractivity (Wildman–Crippen MR) is 69.3 cm³/mol. The highest BCUT2D eigenvalue weighted by Crippen LogP contribution is 2.27. The highest BCUT2D eigenvalue weighted by Gasteiger charge is 2.17. The van der Waals surface area contributed by atoms with E-state index < -0.39 is 0 Å². The van der Waals surface area contributed by atoms with Crippen LogP contribution in [0.3, 0.4) is 0 Å². The Balaban J connectivity index is 1.75. The average molecular weight is 232 g/mol. The molecule has 0 saturated heterocycles. The largest absolute Gasteiger partial charge is 0.399 e. The molecule has 0 aliphatic heterocycles. The number of carbonyl (C=O) groups excluding carboxylic acids is 1. The second-order valence-corrected chi connectivity index (χ2v) is 4.88. The van der Waals surface area contributed by atoms with E-state index in [9.17, 15) is 4.79 Å². The van der Waals surface area contributed by atoms with Crippen molar-refractivity contribution >= 4 is 11.6 Å². The van der Waals surface area contributed by atoms with Gasteiger partial charge in [0.2, 0.25) is 5.91 Å². The van der Waals surface area contributed by atoms with E-state index in [1.807, 2.05) is 24.3 Å². The van der Waals surface area contributed by atoms with Gasteiger partial charge in [-0.15, -0.1) is 0 Å². The van der Waals surface area contributed by atoms with Crippen molar-refractivity contribution in [3.63, 3.8) is 0 Å². The van der Waals surface area contributed by atoms with Gasteiger partial charge in [-0.3, -0.25) is 4.79 Å². The molecule has 3 heteroatoms. The summed E-state index contributed by atoms with van der Waals surface area (Å²) in [5, 5.41) is 2.96. The van der Waals surface area contributed by atoms with Gasteiger partial charge in [-0.05, 0) is 36.5 Å². The van der Waals surface area contributed by atoms with E-state index in [0.29, 0.717) is 18.9 Å². The zero-order valence-corrected chi connectivity index (χ0v) is 10.1. The number of amides is 1. The molecule has 17 heavy (non-hydrogen) atoms. The molecule has 2 rings (SSSR count). The molecule has 0 heterocycles. The number of hydrogen-bond acceptors (Lipinski definition) is 2. The van der Waals surface area contributed by atoms with Gasteiger partial charge in [-0.25, -0.2) is 0 Å². The van der Waals surface area contributed by atoms with E-state index in [1.54, 1.807) is 0 Å². The molecule has 92 valence electrons. The predicted octanol–water partition coefficient (Wildman–Crippen LogP) is 2.47. The van der Waals surface area contributed by atoms with Crippen molar-refractivity contribution in [1.82, 2.24) is 5.32 Å². The molecule has 0 radical (unpaired) electrons. The van der Waals surface area contributed by atoms with Gasteiger partial charge in [0.15, 0.2) is 0 Å². The second kappa shape index (κ2) is 5.71. The Morgan fingerprint density at radius 3 is 2.82 bits per heavy atom. The average Bonchev–Trinajstić information content (AvgIpc) is 2.79. The maximum atomic E-state index is 11.7. The molecule has 0 aromatic heterocycles. The van der Waals surface area contributed by atoms with Crippen molar-refractivity contribution in [2.24, 2.45) is 5.92 Å². The molecule has 1 aliphatic carbocycles. The highest BCUT2D eigenvalue weighted by atomic mass is 16.1. The lowest BCUT2D eigenvalue weighted by molar-refractivity contribution is -0.122. The van der Waals surface area contributed by atoms with Gasteiger partial charge < -0.3 is 11.1 Å². The zero-order chi connectivity index (χ0) is 12.1. The minimum Gasteiger partial charge on any atom is -0.399 e. The fourth-order valence-electron chi connectivity index (χ4n) is 2.45. The summed E-state index contributed by atoms with van der Waals surface area (Å²) < 4.78 is 0. The van der Waals surface area contributed by atoms with Crippen LogP contribution in [-0.4, -0.2) is 5.91 Å². The molecule has 1 aromatic rings. The van der Waals surface area contributed by atoms with Crippen LogP contribution >= 0.6 is 0 Å². The maximum Gasteiger partial charge on any atom is 0.220 e. The van der Waals surface area contributed by atoms with Crippen LogP contribution in [0, 0.1) is 5.92 Å². The van der Waals surface area contributed by atoms with Crippen LogP contribution in [0.15, 0.2) is 24.3 Å². The summed E-state index contributed by atoms with van der Waals surface area (Å²) in [7, 11) is 0. The van der Waals surface area contributed by atoms with Crippen LogP contribution in [0.4, 0.5) is 5.69 Å². The number of nitrogen functional groups attached to an aromatic ring is 1. The Kier molecular flexibility index (Phi) is 4.02. The number of carbonyl (C=O) groups is 1. The molecular formula is C14H20N2O. The van der Waals surface area contributed by atoms with Gasteiger partial charge in [0.25, 0.3) is 0 Å². The standard InChI is InChI=1S/C14H20N2O/c15-13-7-3-6-12(8-13)10-16-14(17)9-11-4-1-2-5-11/h3,6-8,11H,1-2,4-5,9-10,15H2,(H,16,17). The number of hydrogen-bond donors (Lipinski definition) is 2. The van der Waals surface area contributed by atoms with Crippen molar-refractivity contribution in [2.45, 2.75) is 38.6 Å². The van der Waals surface area contributed by atoms with E-state index in [-0.39, 0.29) is 5.91 Å². The molecule has 1 amide bonds. The SMILES string of the molecule is Nc1cccc(CNC(=O)CC2CCCC2)c1. The first-order valence-electron chi connectivity index (χ1n) is 6.35. The third-order valence-electron chi connectivity index (χ3n) is 3.39. The molecule has 0 unspecified atom stereocenters. The topological polar surface area (TPSA) is 55.1 Å². The van der Waals surface area contributed by atoms with E-state index in [0.717, 1.165) is 11.3 Å². The number of anilines is 1. The normalized spacial score (nSPS) is 16.0. The zero-order valence-electron chi connectivity index (χ0n) is 10.1. The molecule has 3 nitrogen and oxygen atoms in total. The third-order valence-corrected chi connectivity index (χ3v) is 3.39. The van der Waals surface area contributed by atoms with Crippen LogP contribution in [0.5, 0.6) is 0 Å². The van der Waals surface area contributed by atoms with Crippen molar-refractivity contribution in [3.05, 3.63) is 29.8 Å². The molecule has 1 aromatic carbocycles. The molecule has 0 atom stereocenters. The quantitative estimate of drug-likeness (QED) is 0.783. The molecule has 1 saturated carbocycles. The Hall–Kier alpha value is -1.51. The molecule has 0 spiro atoms. The number of nitrogens with two attached hydrogens (primary N) is 1. The first-order valence-corrected chi connectivity index (χ1v) is 6.35. The van der Waals surface area contributed by atoms with Crippen molar-refractivity contribution in [2.75, 3.05) is 5.73 Å². The summed E-state index contributed by atoms with van der Waals surface area (Å²) >= 11 is 0. The first-order chi connectivity index (χ1) is 8.24. The summed E-state index contributed by atoms with van der Waals surface area (Å²) in [5.74, 6) is 0.773. The maximum absolute atomic E-state index is 11.7. The van der Waals surface area contributed by atoms with Crippen molar-refractivity contribution in [3.8, 4) is 0 Å². The molecule has 3 N–H and O–H groups in total.